The lowest BCUT2D eigenvalue weighted by molar-refractivity contribution is 0.0519. The number of hydrogen-bond donors (Lipinski definition) is 0. The number of benzene rings is 2. The number of nitrogens with zero attached hydrogens (tertiary/aromatic N) is 2. The van der Waals surface area contributed by atoms with Gasteiger partial charge >= 0.3 is 5.97 Å². The quantitative estimate of drug-likeness (QED) is 0.615. The molecular weight excluding hydrogens is 356 g/mol. The molecule has 4 rings (SSSR count). The van der Waals surface area contributed by atoms with E-state index in [1.807, 2.05) is 41.0 Å². The second-order valence-corrected chi connectivity index (χ2v) is 7.12. The summed E-state index contributed by atoms with van der Waals surface area (Å²) in [6.45, 7) is 2.11. The topological polar surface area (TPSA) is 44.1 Å². The zero-order valence-corrected chi connectivity index (χ0v) is 15.1. The van der Waals surface area contributed by atoms with Crippen molar-refractivity contribution in [2.45, 2.75) is 17.3 Å². The summed E-state index contributed by atoms with van der Waals surface area (Å²) in [4.78, 5) is 16.5. The number of carbonyl (C=O) groups is 1. The van der Waals surface area contributed by atoms with E-state index in [4.69, 9.17) is 16.3 Å². The van der Waals surface area contributed by atoms with Crippen molar-refractivity contribution in [2.24, 2.45) is 0 Å². The van der Waals surface area contributed by atoms with Gasteiger partial charge in [-0.3, -0.25) is 4.57 Å². The lowest BCUT2D eigenvalue weighted by atomic mass is 10.0. The number of aromatic nitrogens is 2. The Bertz CT molecular complexity index is 940. The van der Waals surface area contributed by atoms with E-state index in [1.165, 1.54) is 5.56 Å². The molecule has 0 spiro atoms. The summed E-state index contributed by atoms with van der Waals surface area (Å²) in [6, 6.07) is 16.0. The fraction of sp³-hybridized carbons (Fsp3) is 0.158. The minimum absolute atomic E-state index is 0.0693. The molecule has 0 saturated carbocycles. The maximum absolute atomic E-state index is 12.1. The van der Waals surface area contributed by atoms with Gasteiger partial charge in [0.1, 0.15) is 0 Å². The summed E-state index contributed by atoms with van der Waals surface area (Å²) in [7, 11) is 0. The fourth-order valence-corrected chi connectivity index (χ4v) is 4.34. The standard InChI is InChI=1S/C19H15ClN2O2S/c1-2-24-18(23)15-11-22-16-9-8-13(20)10-14(16)17(25-19(22)21-15)12-6-4-3-5-7-12/h3-11,17H,2H2,1H3. The Labute approximate surface area is 154 Å². The highest BCUT2D eigenvalue weighted by Gasteiger charge is 2.29. The van der Waals surface area contributed by atoms with Crippen LogP contribution in [0.3, 0.4) is 0 Å². The van der Waals surface area contributed by atoms with Crippen LogP contribution in [0.15, 0.2) is 59.9 Å². The van der Waals surface area contributed by atoms with E-state index in [2.05, 4.69) is 17.1 Å². The zero-order chi connectivity index (χ0) is 17.4. The van der Waals surface area contributed by atoms with Crippen LogP contribution in [0.4, 0.5) is 0 Å². The smallest absolute Gasteiger partial charge is 0.358 e. The maximum atomic E-state index is 12.1. The Kier molecular flexibility index (Phi) is 4.27. The molecule has 1 unspecified atom stereocenters. The van der Waals surface area contributed by atoms with Crippen LogP contribution in [-0.2, 0) is 4.74 Å². The van der Waals surface area contributed by atoms with Gasteiger partial charge in [-0.25, -0.2) is 9.78 Å². The average molecular weight is 371 g/mol. The van der Waals surface area contributed by atoms with Gasteiger partial charge in [0.2, 0.25) is 0 Å². The summed E-state index contributed by atoms with van der Waals surface area (Å²) in [5, 5.41) is 1.53. The SMILES string of the molecule is CCOC(=O)c1cn2c(n1)SC(c1ccccc1)c1cc(Cl)ccc1-2. The van der Waals surface area contributed by atoms with Gasteiger partial charge < -0.3 is 4.74 Å². The van der Waals surface area contributed by atoms with Crippen LogP contribution in [0.25, 0.3) is 5.69 Å². The predicted octanol–water partition coefficient (Wildman–Crippen LogP) is 4.90. The number of fused-ring (bicyclic) bond motifs is 3. The van der Waals surface area contributed by atoms with Crippen molar-refractivity contribution in [1.29, 1.82) is 0 Å². The molecule has 1 aromatic heterocycles. The minimum atomic E-state index is -0.406. The molecule has 2 aromatic carbocycles. The van der Waals surface area contributed by atoms with Crippen molar-refractivity contribution in [3.63, 3.8) is 0 Å². The minimum Gasteiger partial charge on any atom is -0.461 e. The Morgan fingerprint density at radius 1 is 1.28 bits per heavy atom. The number of thioether (sulfide) groups is 1. The van der Waals surface area contributed by atoms with E-state index in [9.17, 15) is 4.79 Å². The van der Waals surface area contributed by atoms with Gasteiger partial charge in [-0.15, -0.1) is 0 Å². The second kappa shape index (κ2) is 6.58. The summed E-state index contributed by atoms with van der Waals surface area (Å²) in [6.07, 6.45) is 1.73. The lowest BCUT2D eigenvalue weighted by Crippen LogP contribution is -2.10. The number of imidazole rings is 1. The molecule has 25 heavy (non-hydrogen) atoms. The third-order valence-electron chi connectivity index (χ3n) is 4.02. The van der Waals surface area contributed by atoms with Crippen molar-refractivity contribution in [1.82, 2.24) is 9.55 Å². The Hall–Kier alpha value is -2.24. The summed E-state index contributed by atoms with van der Waals surface area (Å²) < 4.78 is 7.01. The van der Waals surface area contributed by atoms with Crippen molar-refractivity contribution in [2.75, 3.05) is 6.61 Å². The molecule has 1 aliphatic rings. The molecule has 6 heteroatoms. The van der Waals surface area contributed by atoms with E-state index in [1.54, 1.807) is 24.9 Å². The van der Waals surface area contributed by atoms with Gasteiger partial charge in [0.05, 0.1) is 17.5 Å². The average Bonchev–Trinajstić information content (AvgIpc) is 3.06. The first-order valence-electron chi connectivity index (χ1n) is 7.95. The van der Waals surface area contributed by atoms with Crippen LogP contribution < -0.4 is 0 Å². The molecule has 4 nitrogen and oxygen atoms in total. The van der Waals surface area contributed by atoms with Gasteiger partial charge in [0.15, 0.2) is 10.9 Å². The lowest BCUT2D eigenvalue weighted by Gasteiger charge is -2.26. The van der Waals surface area contributed by atoms with E-state index >= 15 is 0 Å². The van der Waals surface area contributed by atoms with Gasteiger partial charge in [-0.2, -0.15) is 0 Å². The van der Waals surface area contributed by atoms with E-state index in [0.29, 0.717) is 17.3 Å². The summed E-state index contributed by atoms with van der Waals surface area (Å²) >= 11 is 7.85. The Morgan fingerprint density at radius 3 is 2.84 bits per heavy atom. The largest absolute Gasteiger partial charge is 0.461 e. The third-order valence-corrected chi connectivity index (χ3v) is 5.51. The Morgan fingerprint density at radius 2 is 2.08 bits per heavy atom. The predicted molar refractivity (Wildman–Crippen MR) is 98.7 cm³/mol. The molecular formula is C19H15ClN2O2S. The molecule has 0 saturated heterocycles. The third kappa shape index (κ3) is 2.94. The van der Waals surface area contributed by atoms with Crippen molar-refractivity contribution < 1.29 is 9.53 Å². The number of ether oxygens (including phenoxy) is 1. The first-order chi connectivity index (χ1) is 12.2. The summed E-state index contributed by atoms with van der Waals surface area (Å²) in [5.41, 5.74) is 3.57. The van der Waals surface area contributed by atoms with Crippen LogP contribution in [0.2, 0.25) is 5.02 Å². The highest BCUT2D eigenvalue weighted by Crippen LogP contribution is 2.47. The highest BCUT2D eigenvalue weighted by molar-refractivity contribution is 7.99. The molecule has 1 aliphatic heterocycles. The van der Waals surface area contributed by atoms with Gasteiger partial charge in [0.25, 0.3) is 0 Å². The fourth-order valence-electron chi connectivity index (χ4n) is 2.92. The number of esters is 1. The second-order valence-electron chi connectivity index (χ2n) is 5.61. The molecule has 126 valence electrons. The molecule has 2 heterocycles. The molecule has 1 atom stereocenters. The van der Waals surface area contributed by atoms with E-state index < -0.39 is 5.97 Å². The summed E-state index contributed by atoms with van der Waals surface area (Å²) in [5.74, 6) is -0.406. The number of halogens is 1. The van der Waals surface area contributed by atoms with Crippen molar-refractivity contribution in [3.05, 3.63) is 76.6 Å². The maximum Gasteiger partial charge on any atom is 0.358 e. The number of rotatable bonds is 3. The number of carbonyl (C=O) groups excluding carboxylic acids is 1. The van der Waals surface area contributed by atoms with Gasteiger partial charge in [0, 0.05) is 11.2 Å². The zero-order valence-electron chi connectivity index (χ0n) is 13.5. The van der Waals surface area contributed by atoms with Crippen LogP contribution in [0.5, 0.6) is 0 Å². The highest BCUT2D eigenvalue weighted by atomic mass is 35.5. The van der Waals surface area contributed by atoms with Gasteiger partial charge in [-0.05, 0) is 36.2 Å². The molecule has 0 aliphatic carbocycles. The van der Waals surface area contributed by atoms with Crippen molar-refractivity contribution >= 4 is 29.3 Å². The molecule has 3 aromatic rings. The first-order valence-corrected chi connectivity index (χ1v) is 9.21. The van der Waals surface area contributed by atoms with Gasteiger partial charge in [-0.1, -0.05) is 53.7 Å². The molecule has 0 radical (unpaired) electrons. The number of hydrogen-bond acceptors (Lipinski definition) is 4. The van der Waals surface area contributed by atoms with Crippen LogP contribution >= 0.6 is 23.4 Å². The molecule has 0 fully saturated rings. The monoisotopic (exact) mass is 370 g/mol. The van der Waals surface area contributed by atoms with Crippen LogP contribution in [0.1, 0.15) is 33.8 Å². The van der Waals surface area contributed by atoms with Crippen LogP contribution in [0, 0.1) is 0 Å². The normalized spacial score (nSPS) is 15.4. The Balaban J connectivity index is 1.84. The van der Waals surface area contributed by atoms with E-state index in [-0.39, 0.29) is 5.25 Å². The molecule has 0 bridgehead atoms. The van der Waals surface area contributed by atoms with Crippen LogP contribution in [-0.4, -0.2) is 22.1 Å². The van der Waals surface area contributed by atoms with Crippen molar-refractivity contribution in [3.8, 4) is 5.69 Å². The first kappa shape index (κ1) is 16.2. The molecule has 0 N–H and O–H groups in total. The van der Waals surface area contributed by atoms with E-state index in [0.717, 1.165) is 16.4 Å². The molecule has 0 amide bonds.